The van der Waals surface area contributed by atoms with Gasteiger partial charge in [-0.05, 0) is 100 Å². The van der Waals surface area contributed by atoms with E-state index in [0.29, 0.717) is 66.4 Å². The van der Waals surface area contributed by atoms with Crippen molar-refractivity contribution in [2.75, 3.05) is 37.7 Å². The van der Waals surface area contributed by atoms with Crippen molar-refractivity contribution in [1.29, 1.82) is 0 Å². The molecular weight excluding hydrogens is 822 g/mol. The summed E-state index contributed by atoms with van der Waals surface area (Å²) in [7, 11) is 0. The molecule has 0 radical (unpaired) electrons. The van der Waals surface area contributed by atoms with E-state index in [4.69, 9.17) is 21.1 Å². The highest BCUT2D eigenvalue weighted by Gasteiger charge is 2.49. The summed E-state index contributed by atoms with van der Waals surface area (Å²) in [6, 6.07) is 7.01. The number of nitrogens with one attached hydrogen (secondary N) is 1. The average Bonchev–Trinajstić information content (AvgIpc) is 3.96. The summed E-state index contributed by atoms with van der Waals surface area (Å²) in [5.74, 6) is 1.72. The Morgan fingerprint density at radius 2 is 1.68 bits per heavy atom. The minimum absolute atomic E-state index is 0.0116. The second-order valence-electron chi connectivity index (χ2n) is 18.4. The largest absolute Gasteiger partial charge is 0.461 e. The number of alkyl halides is 1. The van der Waals surface area contributed by atoms with E-state index in [-0.39, 0.29) is 59.2 Å². The molecule has 0 aliphatic carbocycles. The number of unbranched alkanes of at least 4 members (excludes halogenated alkanes) is 4. The van der Waals surface area contributed by atoms with Gasteiger partial charge in [-0.15, -0.1) is 6.42 Å². The molecule has 8 rings (SSSR count). The molecule has 4 aliphatic rings. The summed E-state index contributed by atoms with van der Waals surface area (Å²) in [4.78, 5) is 32.0. The number of pyridine rings is 1. The lowest BCUT2D eigenvalue weighted by Gasteiger charge is -2.34. The molecule has 0 saturated carbocycles. The zero-order chi connectivity index (χ0) is 45.2. The van der Waals surface area contributed by atoms with E-state index in [1.807, 2.05) is 6.07 Å². The Bertz CT molecular complexity index is 2480. The molecule has 11 heteroatoms. The highest BCUT2D eigenvalue weighted by atomic mass is 19.1. The van der Waals surface area contributed by atoms with Gasteiger partial charge in [-0.3, -0.25) is 14.7 Å². The number of carbonyl (C=O) groups is 1. The zero-order valence-corrected chi connectivity index (χ0v) is 37.9. The van der Waals surface area contributed by atoms with Gasteiger partial charge in [0.2, 0.25) is 0 Å². The third kappa shape index (κ3) is 11.0. The third-order valence-electron chi connectivity index (χ3n) is 13.6. The number of fused-ring (bicyclic) bond motifs is 5. The Morgan fingerprint density at radius 3 is 2.40 bits per heavy atom. The molecule has 2 bridgehead atoms. The molecule has 0 amide bonds. The second kappa shape index (κ2) is 21.8. The lowest BCUT2D eigenvalue weighted by atomic mass is 9.92. The fourth-order valence-corrected chi connectivity index (χ4v) is 10.4. The molecule has 342 valence electrons. The number of hydrogen-bond donors (Lipinski definition) is 1. The molecule has 2 aromatic carbocycles. The molecule has 6 heterocycles. The molecule has 2 aromatic heterocycles. The van der Waals surface area contributed by atoms with Crippen LogP contribution in [0.15, 0.2) is 79.1 Å². The van der Waals surface area contributed by atoms with E-state index in [1.165, 1.54) is 31.7 Å². The van der Waals surface area contributed by atoms with Crippen molar-refractivity contribution >= 4 is 33.3 Å². The number of ketones is 1. The Morgan fingerprint density at radius 1 is 0.954 bits per heavy atom. The summed E-state index contributed by atoms with van der Waals surface area (Å²) in [6.07, 6.45) is 38.0. The Hall–Kier alpha value is -5.31. The van der Waals surface area contributed by atoms with Crippen LogP contribution in [0.2, 0.25) is 0 Å². The Labute approximate surface area is 382 Å². The molecule has 65 heavy (non-hydrogen) atoms. The van der Waals surface area contributed by atoms with Crippen LogP contribution in [0.5, 0.6) is 6.01 Å². The predicted molar refractivity (Wildman–Crippen MR) is 256 cm³/mol. The number of anilines is 1. The summed E-state index contributed by atoms with van der Waals surface area (Å²) < 4.78 is 53.9. The number of terminal acetylenes is 1. The van der Waals surface area contributed by atoms with E-state index >= 15 is 8.78 Å². The van der Waals surface area contributed by atoms with Gasteiger partial charge in [0, 0.05) is 68.1 Å². The van der Waals surface area contributed by atoms with Crippen molar-refractivity contribution in [2.24, 2.45) is 0 Å². The molecule has 4 fully saturated rings. The Kier molecular flexibility index (Phi) is 15.5. The first-order valence-electron chi connectivity index (χ1n) is 24.0. The van der Waals surface area contributed by atoms with Gasteiger partial charge in [0.05, 0.1) is 16.5 Å². The molecule has 4 aliphatic heterocycles. The van der Waals surface area contributed by atoms with Crippen LogP contribution < -0.4 is 15.0 Å². The van der Waals surface area contributed by atoms with E-state index < -0.39 is 23.3 Å². The highest BCUT2D eigenvalue weighted by molar-refractivity contribution is 6.03. The molecule has 8 nitrogen and oxygen atoms in total. The number of allylic oxidation sites excluding steroid dienone is 8. The maximum absolute atomic E-state index is 17.4. The summed E-state index contributed by atoms with van der Waals surface area (Å²) >= 11 is 0. The molecule has 1 N–H and O–H groups in total. The number of ether oxygens (including phenoxy) is 1. The lowest BCUT2D eigenvalue weighted by Crippen LogP contribution is -2.51. The number of aromatic nitrogens is 3. The van der Waals surface area contributed by atoms with Crippen LogP contribution in [0.1, 0.15) is 114 Å². The average molecular weight is 885 g/mol. The number of carbonyl (C=O) groups excluding carboxylic acids is 1. The lowest BCUT2D eigenvalue weighted by molar-refractivity contribution is -0.118. The fourth-order valence-electron chi connectivity index (χ4n) is 10.4. The normalized spacial score (nSPS) is 22.2. The van der Waals surface area contributed by atoms with E-state index in [0.717, 1.165) is 57.9 Å². The number of rotatable bonds is 21. The fraction of sp³-hybridized carbons (Fsp3) is 0.481. The molecule has 4 aromatic rings. The number of Topliss-reactive ketones (excluding diaryl/α,β-unsaturated/α-hetero) is 1. The number of nitrogens with zero attached hydrogens (tertiary/aromatic N) is 5. The molecule has 4 atom stereocenters. The van der Waals surface area contributed by atoms with Gasteiger partial charge < -0.3 is 15.0 Å². The van der Waals surface area contributed by atoms with Gasteiger partial charge in [0.15, 0.2) is 5.82 Å². The number of halogens is 3. The number of benzene rings is 2. The first kappa shape index (κ1) is 46.2. The topological polar surface area (TPSA) is 83.5 Å². The van der Waals surface area contributed by atoms with Crippen molar-refractivity contribution in [3.8, 4) is 29.6 Å². The van der Waals surface area contributed by atoms with Crippen LogP contribution in [0.3, 0.4) is 0 Å². The van der Waals surface area contributed by atoms with Crippen LogP contribution in [0.25, 0.3) is 32.9 Å². The molecular formula is C54H63F3N6O2. The number of hydrogen-bond acceptors (Lipinski definition) is 8. The van der Waals surface area contributed by atoms with Crippen LogP contribution in [0.4, 0.5) is 19.0 Å². The van der Waals surface area contributed by atoms with Gasteiger partial charge in [-0.25, -0.2) is 13.2 Å². The van der Waals surface area contributed by atoms with Crippen LogP contribution in [0, 0.1) is 24.0 Å². The first-order valence-corrected chi connectivity index (χ1v) is 24.0. The second-order valence-corrected chi connectivity index (χ2v) is 18.4. The maximum Gasteiger partial charge on any atom is 0.319 e. The van der Waals surface area contributed by atoms with Gasteiger partial charge in [0.25, 0.3) is 0 Å². The number of piperazine rings is 1. The molecule has 2 unspecified atom stereocenters. The van der Waals surface area contributed by atoms with E-state index in [1.54, 1.807) is 18.3 Å². The van der Waals surface area contributed by atoms with Crippen LogP contribution in [-0.4, -0.2) is 82.2 Å². The van der Waals surface area contributed by atoms with Gasteiger partial charge >= 0.3 is 6.01 Å². The summed E-state index contributed by atoms with van der Waals surface area (Å²) in [6.45, 7) is 4.98. The monoisotopic (exact) mass is 884 g/mol. The van der Waals surface area contributed by atoms with Crippen LogP contribution in [-0.2, 0) is 11.2 Å². The van der Waals surface area contributed by atoms with Gasteiger partial charge in [-0.2, -0.15) is 9.97 Å². The van der Waals surface area contributed by atoms with Gasteiger partial charge in [-0.1, -0.05) is 86.4 Å². The zero-order valence-electron chi connectivity index (χ0n) is 37.9. The predicted octanol–water partition coefficient (Wildman–Crippen LogP) is 11.3. The minimum atomic E-state index is -0.927. The summed E-state index contributed by atoms with van der Waals surface area (Å²) in [5, 5.41) is 4.99. The maximum atomic E-state index is 17.4. The van der Waals surface area contributed by atoms with Crippen molar-refractivity contribution in [3.63, 3.8) is 0 Å². The SMILES string of the molecule is C#Cc1c(F)ccc2cc(CC(=O)CCC/C=C\C/C=C\C/C=C\C/C=C\CCCCC)cc(-c3ncc4c(N5CC6CCC(C5)N6)nc(OC[C@@]56CCCN5C[C@H](F)C6)nc4c3F)c12. The van der Waals surface area contributed by atoms with Crippen molar-refractivity contribution in [1.82, 2.24) is 25.2 Å². The van der Waals surface area contributed by atoms with E-state index in [2.05, 4.69) is 81.6 Å². The smallest absolute Gasteiger partial charge is 0.319 e. The van der Waals surface area contributed by atoms with E-state index in [9.17, 15) is 9.18 Å². The summed E-state index contributed by atoms with van der Waals surface area (Å²) in [5.41, 5.74) is 0.424. The van der Waals surface area contributed by atoms with Crippen LogP contribution >= 0.6 is 0 Å². The molecule has 4 saturated heterocycles. The van der Waals surface area contributed by atoms with Gasteiger partial charge in [0.1, 0.15) is 41.4 Å². The van der Waals surface area contributed by atoms with Crippen molar-refractivity contribution in [2.45, 2.75) is 133 Å². The minimum Gasteiger partial charge on any atom is -0.461 e. The first-order chi connectivity index (χ1) is 31.7. The third-order valence-corrected chi connectivity index (χ3v) is 13.6. The van der Waals surface area contributed by atoms with Crippen molar-refractivity contribution in [3.05, 3.63) is 102 Å². The molecule has 0 spiro atoms. The quantitative estimate of drug-likeness (QED) is 0.0503. The Balaban J connectivity index is 0.987. The van der Waals surface area contributed by atoms with Crippen molar-refractivity contribution < 1.29 is 22.7 Å². The highest BCUT2D eigenvalue weighted by Crippen LogP contribution is 2.42. The standard InChI is InChI=1S/C54H63F3N6O2/c1-3-5-6-7-8-9-10-11-12-13-14-15-16-17-18-19-20-22-43(64)30-38-29-39-23-26-47(56)44(4-2)48(39)45(31-38)50-49(57)51-46(33-58-50)52(62-35-41-24-25-42(36-62)59-41)61-53(60-51)65-37-54-27-21-28-63(54)34-40(55)32-54/h2,8-9,11-12,14-15,17-18,23,26,29,31,33,40-42,59H,3,5-7,10,13,16,19-22,24-25,27-28,30,32,34-37H2,1H3/b9-8-,12-11-,15-14-,18-17-/t40-,41?,42?,54+/m1/s1.